The summed E-state index contributed by atoms with van der Waals surface area (Å²) in [5.41, 5.74) is 9.79. The van der Waals surface area contributed by atoms with Gasteiger partial charge in [0.2, 0.25) is 0 Å². The van der Waals surface area contributed by atoms with Gasteiger partial charge in [0.1, 0.15) is 0 Å². The second-order valence-corrected chi connectivity index (χ2v) is 7.09. The maximum atomic E-state index is 9.94. The maximum absolute atomic E-state index is 9.94. The lowest BCUT2D eigenvalue weighted by atomic mass is 9.88. The van der Waals surface area contributed by atoms with Crippen LogP contribution in [0.5, 0.6) is 0 Å². The number of hydrogen-bond donors (Lipinski definition) is 2. The van der Waals surface area contributed by atoms with Crippen molar-refractivity contribution in [3.8, 4) is 11.1 Å². The van der Waals surface area contributed by atoms with Crippen LogP contribution in [-0.4, -0.2) is 16.2 Å². The van der Waals surface area contributed by atoms with Gasteiger partial charge in [0, 0.05) is 30.6 Å². The summed E-state index contributed by atoms with van der Waals surface area (Å²) in [4.78, 5) is 0. The zero-order valence-corrected chi connectivity index (χ0v) is 15.1. The smallest absolute Gasteiger partial charge is 0.0895 e. The largest absolute Gasteiger partial charge is 0.513 e. The van der Waals surface area contributed by atoms with Crippen molar-refractivity contribution in [1.29, 1.82) is 0 Å². The molecule has 0 atom stereocenters. The lowest BCUT2D eigenvalue weighted by molar-refractivity contribution is 0.401. The first-order chi connectivity index (χ1) is 12.0. The quantitative estimate of drug-likeness (QED) is 0.641. The van der Waals surface area contributed by atoms with Crippen molar-refractivity contribution in [2.45, 2.75) is 33.7 Å². The van der Waals surface area contributed by atoms with Gasteiger partial charge in [-0.15, -0.1) is 0 Å². The zero-order valence-electron chi connectivity index (χ0n) is 15.1. The first-order valence-corrected chi connectivity index (χ1v) is 8.80. The van der Waals surface area contributed by atoms with Crippen molar-refractivity contribution in [2.24, 2.45) is 0 Å². The van der Waals surface area contributed by atoms with Crippen LogP contribution in [0.3, 0.4) is 0 Å². The normalized spacial score (nSPS) is 13.1. The van der Waals surface area contributed by atoms with Crippen LogP contribution >= 0.6 is 0 Å². The van der Waals surface area contributed by atoms with Gasteiger partial charge in [-0.1, -0.05) is 36.4 Å². The maximum Gasteiger partial charge on any atom is 0.0895 e. The van der Waals surface area contributed by atoms with Crippen molar-refractivity contribution in [3.63, 3.8) is 0 Å². The van der Waals surface area contributed by atoms with Gasteiger partial charge in [-0.2, -0.15) is 0 Å². The Morgan fingerprint density at radius 2 is 1.92 bits per heavy atom. The number of benzene rings is 2. The molecular formula is C22H24N2O. The van der Waals surface area contributed by atoms with E-state index in [1.807, 2.05) is 0 Å². The summed E-state index contributed by atoms with van der Waals surface area (Å²) in [5, 5.41) is 14.8. The summed E-state index contributed by atoms with van der Waals surface area (Å²) >= 11 is 0. The topological polar surface area (TPSA) is 37.2 Å². The molecule has 2 aromatic carbocycles. The Balaban J connectivity index is 2.13. The SMILES string of the molecule is C=C(O)Cc1c(C)c2c3c(cc(C)n3CCN2)c1-c1ccc(C)cc1. The van der Waals surface area contributed by atoms with Gasteiger partial charge in [0.25, 0.3) is 0 Å². The van der Waals surface area contributed by atoms with Gasteiger partial charge in [0.05, 0.1) is 17.0 Å². The summed E-state index contributed by atoms with van der Waals surface area (Å²) in [6.45, 7) is 12.1. The molecule has 0 fully saturated rings. The van der Waals surface area contributed by atoms with Crippen LogP contribution in [0.4, 0.5) is 5.69 Å². The number of allylic oxidation sites excluding steroid dienone is 1. The summed E-state index contributed by atoms with van der Waals surface area (Å²) in [6.07, 6.45) is 0.476. The monoisotopic (exact) mass is 332 g/mol. The molecule has 0 unspecified atom stereocenters. The second-order valence-electron chi connectivity index (χ2n) is 7.09. The first-order valence-electron chi connectivity index (χ1n) is 8.80. The van der Waals surface area contributed by atoms with Crippen LogP contribution in [0.25, 0.3) is 22.0 Å². The Morgan fingerprint density at radius 1 is 1.20 bits per heavy atom. The highest BCUT2D eigenvalue weighted by Gasteiger charge is 2.24. The summed E-state index contributed by atoms with van der Waals surface area (Å²) in [5.74, 6) is 0.204. The highest BCUT2D eigenvalue weighted by molar-refractivity contribution is 6.06. The number of nitrogens with zero attached hydrogens (tertiary/aromatic N) is 1. The molecule has 128 valence electrons. The number of hydrogen-bond acceptors (Lipinski definition) is 2. The number of aryl methyl sites for hydroxylation is 2. The van der Waals surface area contributed by atoms with Gasteiger partial charge in [-0.25, -0.2) is 0 Å². The third kappa shape index (κ3) is 2.42. The fourth-order valence-electron chi connectivity index (χ4n) is 4.09. The van der Waals surface area contributed by atoms with Gasteiger partial charge in [0.15, 0.2) is 0 Å². The Kier molecular flexibility index (Phi) is 3.60. The predicted octanol–water partition coefficient (Wildman–Crippen LogP) is 5.27. The van der Waals surface area contributed by atoms with E-state index in [1.54, 1.807) is 0 Å². The van der Waals surface area contributed by atoms with Crippen LogP contribution < -0.4 is 5.32 Å². The molecule has 0 aliphatic carbocycles. The van der Waals surface area contributed by atoms with E-state index in [0.717, 1.165) is 18.7 Å². The molecule has 2 heterocycles. The zero-order chi connectivity index (χ0) is 17.7. The molecule has 0 radical (unpaired) electrons. The molecule has 3 aromatic rings. The van der Waals surface area contributed by atoms with Gasteiger partial charge in [-0.3, -0.25) is 0 Å². The summed E-state index contributed by atoms with van der Waals surface area (Å²) < 4.78 is 2.41. The van der Waals surface area contributed by atoms with Crippen LogP contribution in [-0.2, 0) is 13.0 Å². The van der Waals surface area contributed by atoms with Gasteiger partial charge in [-0.05, 0) is 49.1 Å². The Bertz CT molecular complexity index is 994. The predicted molar refractivity (Wildman–Crippen MR) is 106 cm³/mol. The van der Waals surface area contributed by atoms with E-state index in [-0.39, 0.29) is 5.76 Å². The number of aliphatic hydroxyl groups excluding tert-OH is 1. The fourth-order valence-corrected chi connectivity index (χ4v) is 4.09. The minimum atomic E-state index is 0.204. The molecule has 0 saturated carbocycles. The molecule has 25 heavy (non-hydrogen) atoms. The number of rotatable bonds is 3. The minimum Gasteiger partial charge on any atom is -0.513 e. The second kappa shape index (κ2) is 5.69. The molecule has 0 spiro atoms. The van der Waals surface area contributed by atoms with E-state index < -0.39 is 0 Å². The van der Waals surface area contributed by atoms with Crippen LogP contribution in [0.2, 0.25) is 0 Å². The van der Waals surface area contributed by atoms with Gasteiger partial charge >= 0.3 is 0 Å². The molecule has 3 heteroatoms. The molecule has 4 rings (SSSR count). The van der Waals surface area contributed by atoms with Crippen LogP contribution in [0.1, 0.15) is 22.4 Å². The molecular weight excluding hydrogens is 308 g/mol. The number of nitrogens with one attached hydrogen (secondary N) is 1. The standard InChI is InChI=1S/C22H24N2O/c1-13-5-7-17(8-6-13)20-18(12-15(3)25)16(4)21-22-19(20)11-14(2)24(22)10-9-23-21/h5-8,11,23,25H,3,9-10,12H2,1-2,4H3. The average molecular weight is 332 g/mol. The molecule has 1 aliphatic rings. The molecule has 1 aromatic heterocycles. The van der Waals surface area contributed by atoms with Crippen LogP contribution in [0, 0.1) is 20.8 Å². The number of aromatic nitrogens is 1. The summed E-state index contributed by atoms with van der Waals surface area (Å²) in [7, 11) is 0. The number of anilines is 1. The van der Waals surface area contributed by atoms with E-state index in [2.05, 4.69) is 67.6 Å². The Morgan fingerprint density at radius 3 is 2.60 bits per heavy atom. The third-order valence-electron chi connectivity index (χ3n) is 5.30. The van der Waals surface area contributed by atoms with Crippen molar-refractivity contribution >= 4 is 16.6 Å². The highest BCUT2D eigenvalue weighted by Crippen LogP contribution is 2.43. The minimum absolute atomic E-state index is 0.204. The molecule has 3 nitrogen and oxygen atoms in total. The van der Waals surface area contributed by atoms with E-state index in [0.29, 0.717) is 6.42 Å². The van der Waals surface area contributed by atoms with Crippen molar-refractivity contribution < 1.29 is 5.11 Å². The molecule has 0 saturated heterocycles. The third-order valence-corrected chi connectivity index (χ3v) is 5.30. The highest BCUT2D eigenvalue weighted by atomic mass is 16.3. The molecule has 0 bridgehead atoms. The lowest BCUT2D eigenvalue weighted by Crippen LogP contribution is -2.19. The lowest BCUT2D eigenvalue weighted by Gasteiger charge is -2.25. The Hall–Kier alpha value is -2.68. The van der Waals surface area contributed by atoms with Gasteiger partial charge < -0.3 is 15.0 Å². The summed E-state index contributed by atoms with van der Waals surface area (Å²) in [6, 6.07) is 10.9. The van der Waals surface area contributed by atoms with E-state index >= 15 is 0 Å². The molecule has 1 aliphatic heterocycles. The van der Waals surface area contributed by atoms with Crippen molar-refractivity contribution in [2.75, 3.05) is 11.9 Å². The fraction of sp³-hybridized carbons (Fsp3) is 0.273. The van der Waals surface area contributed by atoms with E-state index in [4.69, 9.17) is 0 Å². The first kappa shape index (κ1) is 15.8. The van der Waals surface area contributed by atoms with Crippen molar-refractivity contribution in [1.82, 2.24) is 4.57 Å². The number of aliphatic hydroxyl groups is 1. The van der Waals surface area contributed by atoms with Crippen LogP contribution in [0.15, 0.2) is 42.7 Å². The van der Waals surface area contributed by atoms with E-state index in [9.17, 15) is 5.11 Å². The van der Waals surface area contributed by atoms with Crippen molar-refractivity contribution in [3.05, 3.63) is 65.1 Å². The van der Waals surface area contributed by atoms with E-state index in [1.165, 1.54) is 44.5 Å². The average Bonchev–Trinajstić information content (AvgIpc) is 2.91. The Labute approximate surface area is 148 Å². The molecule has 2 N–H and O–H groups in total. The molecule has 0 amide bonds.